The van der Waals surface area contributed by atoms with Gasteiger partial charge in [-0.05, 0) is 49.9 Å². The van der Waals surface area contributed by atoms with E-state index in [4.69, 9.17) is 9.47 Å². The predicted molar refractivity (Wildman–Crippen MR) is 161 cm³/mol. The standard InChI is InChI=1S/C34H38F6N2O4/c1-3-5-7-9-11-29(33(35,36)37)45-31(43)25-17-19-27(41-21-25)23-13-15-24(16-14-23)28-20-18-26(22-42-28)32(44)46-30(34(38,39)40)12-10-8-6-4-2/h13-22,29-30H,3-12H2,1-2H3/t29-,30-/m0/s1. The molecule has 0 unspecified atom stereocenters. The summed E-state index contributed by atoms with van der Waals surface area (Å²) in [5.74, 6) is -2.21. The largest absolute Gasteiger partial charge is 0.449 e. The summed E-state index contributed by atoms with van der Waals surface area (Å²) in [4.78, 5) is 33.2. The Bertz CT molecular complexity index is 1270. The number of halogens is 6. The summed E-state index contributed by atoms with van der Waals surface area (Å²) in [5, 5.41) is 0. The zero-order chi connectivity index (χ0) is 33.7. The van der Waals surface area contributed by atoms with Gasteiger partial charge >= 0.3 is 24.3 Å². The van der Waals surface area contributed by atoms with E-state index in [0.29, 0.717) is 48.2 Å². The number of alkyl halides is 6. The monoisotopic (exact) mass is 652 g/mol. The molecule has 0 bridgehead atoms. The van der Waals surface area contributed by atoms with Gasteiger partial charge in [-0.2, -0.15) is 26.3 Å². The topological polar surface area (TPSA) is 78.4 Å². The highest BCUT2D eigenvalue weighted by molar-refractivity contribution is 5.90. The van der Waals surface area contributed by atoms with E-state index in [-0.39, 0.29) is 24.0 Å². The van der Waals surface area contributed by atoms with Gasteiger partial charge in [0.15, 0.2) is 12.2 Å². The molecule has 46 heavy (non-hydrogen) atoms. The lowest BCUT2D eigenvalue weighted by molar-refractivity contribution is -0.206. The van der Waals surface area contributed by atoms with Crippen molar-refractivity contribution < 1.29 is 45.4 Å². The van der Waals surface area contributed by atoms with Gasteiger partial charge in [-0.25, -0.2) is 9.59 Å². The molecule has 0 radical (unpaired) electrons. The lowest BCUT2D eigenvalue weighted by Crippen LogP contribution is -2.33. The Labute approximate surface area is 264 Å². The first-order chi connectivity index (χ1) is 21.8. The Kier molecular flexibility index (Phi) is 13.6. The third-order valence-electron chi connectivity index (χ3n) is 7.34. The minimum atomic E-state index is -4.67. The molecule has 2 aromatic heterocycles. The highest BCUT2D eigenvalue weighted by Gasteiger charge is 2.43. The van der Waals surface area contributed by atoms with E-state index in [1.807, 2.05) is 13.8 Å². The van der Waals surface area contributed by atoms with E-state index in [1.165, 1.54) is 24.3 Å². The molecule has 0 N–H and O–H groups in total. The van der Waals surface area contributed by atoms with Gasteiger partial charge in [-0.15, -0.1) is 0 Å². The minimum absolute atomic E-state index is 0.107. The van der Waals surface area contributed by atoms with Crippen LogP contribution in [0.25, 0.3) is 22.5 Å². The fraction of sp³-hybridized carbons (Fsp3) is 0.471. The Balaban J connectivity index is 1.61. The second-order valence-corrected chi connectivity index (χ2v) is 11.0. The maximum atomic E-state index is 13.4. The average Bonchev–Trinajstić information content (AvgIpc) is 3.03. The molecule has 0 aliphatic heterocycles. The number of aromatic nitrogens is 2. The SMILES string of the molecule is CCCCCC[C@H](OC(=O)c1ccc(-c2ccc(-c3ccc(C(=O)O[C@@H](CCCCCC)C(F)(F)F)cn3)cc2)nc1)C(F)(F)F. The molecule has 0 aliphatic rings. The molecule has 0 amide bonds. The molecule has 3 aromatic rings. The number of hydrogen-bond acceptors (Lipinski definition) is 6. The van der Waals surface area contributed by atoms with Crippen LogP contribution in [-0.4, -0.2) is 46.5 Å². The van der Waals surface area contributed by atoms with Crippen molar-refractivity contribution in [3.8, 4) is 22.5 Å². The van der Waals surface area contributed by atoms with Gasteiger partial charge < -0.3 is 9.47 Å². The first kappa shape index (κ1) is 36.5. The summed E-state index contributed by atoms with van der Waals surface area (Å²) in [6.07, 6.45) is -6.80. The molecule has 6 nitrogen and oxygen atoms in total. The van der Waals surface area contributed by atoms with E-state index in [1.54, 1.807) is 24.3 Å². The van der Waals surface area contributed by atoms with Crippen LogP contribution in [0.3, 0.4) is 0 Å². The molecule has 1 aromatic carbocycles. The van der Waals surface area contributed by atoms with Gasteiger partial charge in [-0.3, -0.25) is 9.97 Å². The molecule has 2 atom stereocenters. The lowest BCUT2D eigenvalue weighted by Gasteiger charge is -2.20. The number of ether oxygens (including phenoxy) is 2. The van der Waals surface area contributed by atoms with E-state index in [9.17, 15) is 35.9 Å². The highest BCUT2D eigenvalue weighted by atomic mass is 19.4. The van der Waals surface area contributed by atoms with Crippen LogP contribution < -0.4 is 0 Å². The summed E-state index contributed by atoms with van der Waals surface area (Å²) in [5.41, 5.74) is 1.98. The molecule has 12 heteroatoms. The Morgan fingerprint density at radius 1 is 0.587 bits per heavy atom. The summed E-state index contributed by atoms with van der Waals surface area (Å²) in [7, 11) is 0. The van der Waals surface area contributed by atoms with Gasteiger partial charge in [0.05, 0.1) is 22.5 Å². The zero-order valence-corrected chi connectivity index (χ0v) is 25.8. The van der Waals surface area contributed by atoms with Crippen LogP contribution in [0.5, 0.6) is 0 Å². The molecule has 0 fully saturated rings. The first-order valence-corrected chi connectivity index (χ1v) is 15.4. The average molecular weight is 653 g/mol. The second-order valence-electron chi connectivity index (χ2n) is 11.0. The molecule has 0 aliphatic carbocycles. The quantitative estimate of drug-likeness (QED) is 0.0871. The fourth-order valence-corrected chi connectivity index (χ4v) is 4.67. The van der Waals surface area contributed by atoms with E-state index >= 15 is 0 Å². The van der Waals surface area contributed by atoms with Crippen molar-refractivity contribution in [1.82, 2.24) is 9.97 Å². The van der Waals surface area contributed by atoms with Gasteiger partial charge in [-0.1, -0.05) is 76.6 Å². The number of esters is 2. The van der Waals surface area contributed by atoms with E-state index in [0.717, 1.165) is 38.1 Å². The van der Waals surface area contributed by atoms with Gasteiger partial charge in [0, 0.05) is 23.5 Å². The van der Waals surface area contributed by atoms with Gasteiger partial charge in [0.1, 0.15) is 0 Å². The molecule has 3 rings (SSSR count). The van der Waals surface area contributed by atoms with Crippen LogP contribution in [0, 0.1) is 0 Å². The first-order valence-electron chi connectivity index (χ1n) is 15.4. The van der Waals surface area contributed by atoms with Crippen molar-refractivity contribution in [3.63, 3.8) is 0 Å². The van der Waals surface area contributed by atoms with Crippen molar-refractivity contribution in [1.29, 1.82) is 0 Å². The predicted octanol–water partition coefficient (Wildman–Crippen LogP) is 9.93. The van der Waals surface area contributed by atoms with Crippen LogP contribution in [0.15, 0.2) is 60.9 Å². The van der Waals surface area contributed by atoms with Crippen LogP contribution in [-0.2, 0) is 9.47 Å². The number of nitrogens with zero attached hydrogens (tertiary/aromatic N) is 2. The van der Waals surface area contributed by atoms with Crippen molar-refractivity contribution >= 4 is 11.9 Å². The summed E-state index contributed by atoms with van der Waals surface area (Å²) < 4.78 is 89.9. The number of pyridine rings is 2. The highest BCUT2D eigenvalue weighted by Crippen LogP contribution is 2.30. The third kappa shape index (κ3) is 11.1. The maximum Gasteiger partial charge on any atom is 0.425 e. The summed E-state index contributed by atoms with van der Waals surface area (Å²) in [6, 6.07) is 12.5. The van der Waals surface area contributed by atoms with Gasteiger partial charge in [0.25, 0.3) is 0 Å². The minimum Gasteiger partial charge on any atom is -0.449 e. The Morgan fingerprint density at radius 2 is 0.957 bits per heavy atom. The van der Waals surface area contributed by atoms with Crippen molar-refractivity contribution in [2.75, 3.05) is 0 Å². The lowest BCUT2D eigenvalue weighted by atomic mass is 10.1. The molecule has 0 spiro atoms. The van der Waals surface area contributed by atoms with E-state index in [2.05, 4.69) is 9.97 Å². The Hall–Kier alpha value is -3.96. The van der Waals surface area contributed by atoms with Crippen LogP contribution >= 0.6 is 0 Å². The van der Waals surface area contributed by atoms with Crippen molar-refractivity contribution in [3.05, 3.63) is 72.1 Å². The molecular formula is C34H38F6N2O4. The van der Waals surface area contributed by atoms with Crippen LogP contribution in [0.1, 0.15) is 98.8 Å². The zero-order valence-electron chi connectivity index (χ0n) is 25.8. The van der Waals surface area contributed by atoms with E-state index < -0.39 is 36.5 Å². The van der Waals surface area contributed by atoms with Crippen molar-refractivity contribution in [2.24, 2.45) is 0 Å². The van der Waals surface area contributed by atoms with Crippen LogP contribution in [0.4, 0.5) is 26.3 Å². The fourth-order valence-electron chi connectivity index (χ4n) is 4.67. The molecule has 250 valence electrons. The number of unbranched alkanes of at least 4 members (excludes halogenated alkanes) is 6. The second kappa shape index (κ2) is 17.1. The number of hydrogen-bond donors (Lipinski definition) is 0. The molecule has 2 heterocycles. The summed E-state index contributed by atoms with van der Waals surface area (Å²) >= 11 is 0. The Morgan fingerprint density at radius 3 is 1.24 bits per heavy atom. The molecular weight excluding hydrogens is 614 g/mol. The number of rotatable bonds is 16. The van der Waals surface area contributed by atoms with Crippen LogP contribution in [0.2, 0.25) is 0 Å². The van der Waals surface area contributed by atoms with Crippen molar-refractivity contribution in [2.45, 2.75) is 103 Å². The number of carbonyl (C=O) groups excluding carboxylic acids is 2. The normalized spacial score (nSPS) is 13.2. The molecule has 0 saturated heterocycles. The maximum absolute atomic E-state index is 13.4. The van der Waals surface area contributed by atoms with Gasteiger partial charge in [0.2, 0.25) is 0 Å². The number of carbonyl (C=O) groups is 2. The smallest absolute Gasteiger partial charge is 0.425 e. The third-order valence-corrected chi connectivity index (χ3v) is 7.34. The molecule has 0 saturated carbocycles. The summed E-state index contributed by atoms with van der Waals surface area (Å²) in [6.45, 7) is 3.89. The number of benzene rings is 1.